The molecule has 2 aromatic rings. The summed E-state index contributed by atoms with van der Waals surface area (Å²) in [4.78, 5) is 0. The van der Waals surface area contributed by atoms with E-state index in [0.29, 0.717) is 22.7 Å². The van der Waals surface area contributed by atoms with Crippen LogP contribution in [0.15, 0.2) is 30.3 Å². The minimum atomic E-state index is -2.46. The molecule has 0 fully saturated rings. The Balaban J connectivity index is 2.01. The molecule has 0 saturated carbocycles. The molecular formula is C13H16N3O2PS4. The summed E-state index contributed by atoms with van der Waals surface area (Å²) in [6.45, 7) is 4.75. The molecule has 1 aromatic heterocycles. The Morgan fingerprint density at radius 2 is 1.87 bits per heavy atom. The van der Waals surface area contributed by atoms with Crippen molar-refractivity contribution in [3.63, 3.8) is 0 Å². The lowest BCUT2D eigenvalue weighted by Crippen LogP contribution is -2.05. The van der Waals surface area contributed by atoms with E-state index in [1.807, 2.05) is 44.2 Å². The molecule has 1 heterocycles. The molecule has 0 aliphatic rings. The second-order valence-corrected chi connectivity index (χ2v) is 11.8. The van der Waals surface area contributed by atoms with Crippen molar-refractivity contribution in [2.75, 3.05) is 18.5 Å². The quantitative estimate of drug-likeness (QED) is 0.514. The molecule has 0 saturated heterocycles. The van der Waals surface area contributed by atoms with Gasteiger partial charge in [0.2, 0.25) is 5.13 Å². The first kappa shape index (κ1) is 18.9. The van der Waals surface area contributed by atoms with Gasteiger partial charge in [0.1, 0.15) is 9.33 Å². The van der Waals surface area contributed by atoms with Crippen LogP contribution >= 0.6 is 40.6 Å². The van der Waals surface area contributed by atoms with Gasteiger partial charge >= 0.3 is 0 Å². The zero-order chi connectivity index (χ0) is 16.7. The van der Waals surface area contributed by atoms with E-state index in [2.05, 4.69) is 15.5 Å². The highest BCUT2D eigenvalue weighted by Gasteiger charge is 2.22. The summed E-state index contributed by atoms with van der Waals surface area (Å²) in [5, 5.41) is 12.8. The molecule has 1 aromatic carbocycles. The van der Waals surface area contributed by atoms with E-state index in [9.17, 15) is 0 Å². The number of anilines is 1. The van der Waals surface area contributed by atoms with E-state index in [1.54, 1.807) is 0 Å². The zero-order valence-electron chi connectivity index (χ0n) is 12.6. The molecule has 0 radical (unpaired) electrons. The predicted molar refractivity (Wildman–Crippen MR) is 107 cm³/mol. The van der Waals surface area contributed by atoms with E-state index < -0.39 is 5.69 Å². The largest absolute Gasteiger partial charge is 0.322 e. The molecule has 1 N–H and O–H groups in total. The summed E-state index contributed by atoms with van der Waals surface area (Å²) >= 11 is 13.4. The summed E-state index contributed by atoms with van der Waals surface area (Å²) in [6.07, 6.45) is 0. The smallest absolute Gasteiger partial charge is 0.254 e. The van der Waals surface area contributed by atoms with Gasteiger partial charge in [-0.25, -0.2) is 0 Å². The number of benzene rings is 1. The van der Waals surface area contributed by atoms with Gasteiger partial charge in [-0.05, 0) is 37.0 Å². The first-order valence-corrected chi connectivity index (χ1v) is 12.1. The standard InChI is InChI=1S/C13H16N3O2PS4/c1-3-17-19(21,18-4-2)23-13(20)14-12-16-15-11(22-12)10-8-6-5-7-9-10/h5-9H,3-4H2,1-2H3,(H,14,16,20). The van der Waals surface area contributed by atoms with Gasteiger partial charge in [0, 0.05) is 5.56 Å². The second-order valence-electron chi connectivity index (χ2n) is 4.06. The molecule has 23 heavy (non-hydrogen) atoms. The fraction of sp³-hybridized carbons (Fsp3) is 0.308. The van der Waals surface area contributed by atoms with Crippen LogP contribution < -0.4 is 5.32 Å². The molecule has 0 aliphatic carbocycles. The van der Waals surface area contributed by atoms with Crippen LogP contribution in [-0.2, 0) is 20.9 Å². The molecule has 0 spiro atoms. The second kappa shape index (κ2) is 9.17. The van der Waals surface area contributed by atoms with Gasteiger partial charge in [-0.1, -0.05) is 53.9 Å². The van der Waals surface area contributed by atoms with Gasteiger partial charge in [-0.15, -0.1) is 10.2 Å². The Bertz CT molecular complexity index is 686. The van der Waals surface area contributed by atoms with Crippen molar-refractivity contribution in [3.05, 3.63) is 30.3 Å². The van der Waals surface area contributed by atoms with Gasteiger partial charge in [-0.2, -0.15) is 0 Å². The lowest BCUT2D eigenvalue weighted by molar-refractivity contribution is 0.281. The first-order valence-electron chi connectivity index (χ1n) is 6.85. The Kier molecular flexibility index (Phi) is 7.55. The minimum Gasteiger partial charge on any atom is -0.322 e. The maximum Gasteiger partial charge on any atom is 0.254 e. The third-order valence-corrected chi connectivity index (χ3v) is 8.83. The Labute approximate surface area is 154 Å². The van der Waals surface area contributed by atoms with Gasteiger partial charge in [0.25, 0.3) is 5.69 Å². The fourth-order valence-electron chi connectivity index (χ4n) is 1.59. The van der Waals surface area contributed by atoms with Crippen molar-refractivity contribution in [3.8, 4) is 10.6 Å². The summed E-state index contributed by atoms with van der Waals surface area (Å²) < 4.78 is 11.6. The number of aromatic nitrogens is 2. The summed E-state index contributed by atoms with van der Waals surface area (Å²) in [5.74, 6) is 0. The number of hydrogen-bond acceptors (Lipinski definition) is 8. The average Bonchev–Trinajstić information content (AvgIpc) is 2.96. The van der Waals surface area contributed by atoms with Crippen molar-refractivity contribution in [2.24, 2.45) is 0 Å². The molecule has 0 amide bonds. The Morgan fingerprint density at radius 1 is 1.22 bits per heavy atom. The molecule has 0 aliphatic heterocycles. The van der Waals surface area contributed by atoms with Crippen molar-refractivity contribution in [1.82, 2.24) is 10.2 Å². The molecule has 0 atom stereocenters. The van der Waals surface area contributed by atoms with Gasteiger partial charge in [-0.3, -0.25) is 0 Å². The van der Waals surface area contributed by atoms with E-state index in [1.165, 1.54) is 22.7 Å². The van der Waals surface area contributed by atoms with Crippen LogP contribution in [0, 0.1) is 0 Å². The third kappa shape index (κ3) is 5.86. The molecule has 124 valence electrons. The van der Waals surface area contributed by atoms with Gasteiger partial charge in [0.15, 0.2) is 0 Å². The molecule has 10 heteroatoms. The summed E-state index contributed by atoms with van der Waals surface area (Å²) in [5.41, 5.74) is -1.44. The van der Waals surface area contributed by atoms with Crippen LogP contribution in [0.3, 0.4) is 0 Å². The van der Waals surface area contributed by atoms with Gasteiger partial charge in [0.05, 0.1) is 13.2 Å². The Morgan fingerprint density at radius 3 is 2.48 bits per heavy atom. The highest BCUT2D eigenvalue weighted by Crippen LogP contribution is 2.61. The topological polar surface area (TPSA) is 56.3 Å². The molecular weight excluding hydrogens is 389 g/mol. The van der Waals surface area contributed by atoms with Crippen LogP contribution in [-0.4, -0.2) is 27.7 Å². The molecule has 0 bridgehead atoms. The average molecular weight is 406 g/mol. The van der Waals surface area contributed by atoms with Crippen molar-refractivity contribution < 1.29 is 9.05 Å². The highest BCUT2D eigenvalue weighted by molar-refractivity contribution is 8.75. The summed E-state index contributed by atoms with van der Waals surface area (Å²) in [7, 11) is 0. The Hall–Kier alpha value is -0.410. The lowest BCUT2D eigenvalue weighted by atomic mass is 10.2. The third-order valence-electron chi connectivity index (χ3n) is 2.42. The summed E-state index contributed by atoms with van der Waals surface area (Å²) in [6, 6.07) is 9.86. The number of thiocarbonyl (C=S) groups is 1. The van der Waals surface area contributed by atoms with Crippen LogP contribution in [0.4, 0.5) is 5.13 Å². The van der Waals surface area contributed by atoms with Crippen LogP contribution in [0.25, 0.3) is 10.6 Å². The fourth-order valence-corrected chi connectivity index (χ4v) is 8.03. The maximum atomic E-state index is 5.56. The SMILES string of the molecule is CCOP(=S)(OCC)SC(=S)Nc1nnc(-c2ccccc2)s1. The number of rotatable bonds is 7. The van der Waals surface area contributed by atoms with Crippen molar-refractivity contribution in [2.45, 2.75) is 13.8 Å². The number of nitrogens with one attached hydrogen (secondary N) is 1. The number of nitrogens with zero attached hydrogens (tertiary/aromatic N) is 2. The molecule has 2 rings (SSSR count). The van der Waals surface area contributed by atoms with Crippen LogP contribution in [0.5, 0.6) is 0 Å². The molecule has 0 unspecified atom stereocenters. The van der Waals surface area contributed by atoms with Crippen LogP contribution in [0.2, 0.25) is 0 Å². The maximum absolute atomic E-state index is 5.56. The van der Waals surface area contributed by atoms with E-state index >= 15 is 0 Å². The zero-order valence-corrected chi connectivity index (χ0v) is 16.8. The first-order chi connectivity index (χ1) is 11.1. The van der Waals surface area contributed by atoms with Gasteiger partial charge < -0.3 is 14.4 Å². The lowest BCUT2D eigenvalue weighted by Gasteiger charge is -2.19. The van der Waals surface area contributed by atoms with E-state index in [0.717, 1.165) is 10.6 Å². The van der Waals surface area contributed by atoms with Crippen molar-refractivity contribution >= 4 is 61.9 Å². The predicted octanol–water partition coefficient (Wildman–Crippen LogP) is 4.93. The molecule has 5 nitrogen and oxygen atoms in total. The van der Waals surface area contributed by atoms with Crippen molar-refractivity contribution in [1.29, 1.82) is 0 Å². The van der Waals surface area contributed by atoms with Crippen LogP contribution in [0.1, 0.15) is 13.8 Å². The normalized spacial score (nSPS) is 11.4. The van der Waals surface area contributed by atoms with E-state index in [-0.39, 0.29) is 0 Å². The monoisotopic (exact) mass is 405 g/mol. The minimum absolute atomic E-state index is 0.478. The highest BCUT2D eigenvalue weighted by atomic mass is 32.9. The van der Waals surface area contributed by atoms with E-state index in [4.69, 9.17) is 33.1 Å². The number of hydrogen-bond donors (Lipinski definition) is 1.